The average molecular weight is 358 g/mol. The van der Waals surface area contributed by atoms with E-state index in [1.165, 1.54) is 11.8 Å². The number of benzene rings is 1. The van der Waals surface area contributed by atoms with Gasteiger partial charge in [0.15, 0.2) is 5.16 Å². The van der Waals surface area contributed by atoms with E-state index in [2.05, 4.69) is 9.97 Å². The Morgan fingerprint density at radius 2 is 2.08 bits per heavy atom. The maximum atomic E-state index is 12.6. The Balaban J connectivity index is 1.68. The number of carbonyl (C=O) groups excluding carboxylic acids is 1. The number of carbonyl (C=O) groups is 1. The molecule has 0 atom stereocenters. The van der Waals surface area contributed by atoms with Gasteiger partial charge in [-0.25, -0.2) is 9.97 Å². The van der Waals surface area contributed by atoms with Crippen molar-refractivity contribution >= 4 is 23.5 Å². The van der Waals surface area contributed by atoms with Crippen LogP contribution in [0.25, 0.3) is 0 Å². The molecule has 0 aliphatic carbocycles. The van der Waals surface area contributed by atoms with Crippen molar-refractivity contribution in [1.29, 1.82) is 0 Å². The Morgan fingerprint density at radius 3 is 2.80 bits per heavy atom. The molecule has 0 unspecified atom stereocenters. The van der Waals surface area contributed by atoms with Crippen LogP contribution in [0.5, 0.6) is 5.75 Å². The third-order valence-corrected chi connectivity index (χ3v) is 4.70. The number of rotatable bonds is 5. The number of aromatic nitrogens is 2. The maximum Gasteiger partial charge on any atom is 0.242 e. The third-order valence-electron chi connectivity index (χ3n) is 4.15. The summed E-state index contributed by atoms with van der Waals surface area (Å²) in [7, 11) is 1.65. The van der Waals surface area contributed by atoms with Crippen LogP contribution < -0.4 is 9.64 Å². The van der Waals surface area contributed by atoms with Crippen LogP contribution >= 0.6 is 11.8 Å². The van der Waals surface area contributed by atoms with Crippen LogP contribution in [0.2, 0.25) is 0 Å². The molecule has 0 saturated carbocycles. The predicted molar refractivity (Wildman–Crippen MR) is 99.2 cm³/mol. The second-order valence-electron chi connectivity index (χ2n) is 5.94. The zero-order valence-corrected chi connectivity index (χ0v) is 15.5. The van der Waals surface area contributed by atoms with Gasteiger partial charge in [-0.3, -0.25) is 4.79 Å². The van der Waals surface area contributed by atoms with Gasteiger partial charge in [0.2, 0.25) is 5.91 Å². The smallest absolute Gasteiger partial charge is 0.242 e. The minimum Gasteiger partial charge on any atom is -0.497 e. The topological polar surface area (TPSA) is 58.6 Å². The number of nitrogens with zero attached hydrogens (tertiary/aromatic N) is 4. The second kappa shape index (κ2) is 7.74. The third kappa shape index (κ3) is 4.22. The summed E-state index contributed by atoms with van der Waals surface area (Å²) in [6.07, 6.45) is 1.95. The van der Waals surface area contributed by atoms with E-state index in [0.717, 1.165) is 34.5 Å². The van der Waals surface area contributed by atoms with Crippen molar-refractivity contribution in [2.45, 2.75) is 18.6 Å². The number of amides is 1. The summed E-state index contributed by atoms with van der Waals surface area (Å²) >= 11 is 1.51. The lowest BCUT2D eigenvalue weighted by Crippen LogP contribution is -2.50. The molecule has 1 aliphatic rings. The normalized spacial score (nSPS) is 14.8. The van der Waals surface area contributed by atoms with Gasteiger partial charge in [0, 0.05) is 31.4 Å². The van der Waals surface area contributed by atoms with Crippen molar-refractivity contribution in [2.75, 3.05) is 37.9 Å². The zero-order valence-electron chi connectivity index (χ0n) is 14.7. The van der Waals surface area contributed by atoms with Crippen LogP contribution in [0, 0.1) is 6.92 Å². The van der Waals surface area contributed by atoms with E-state index < -0.39 is 0 Å². The van der Waals surface area contributed by atoms with Gasteiger partial charge < -0.3 is 14.5 Å². The molecule has 1 aromatic carbocycles. The molecular formula is C18H22N4O2S. The second-order valence-corrected chi connectivity index (χ2v) is 6.72. The van der Waals surface area contributed by atoms with Crippen LogP contribution in [0.15, 0.2) is 35.5 Å². The molecular weight excluding hydrogens is 336 g/mol. The number of hydrogen-bond acceptors (Lipinski definition) is 6. The molecule has 1 aliphatic heterocycles. The van der Waals surface area contributed by atoms with Gasteiger partial charge in [0.05, 0.1) is 13.7 Å². The molecule has 0 radical (unpaired) electrons. The van der Waals surface area contributed by atoms with Gasteiger partial charge >= 0.3 is 0 Å². The first kappa shape index (κ1) is 17.5. The maximum absolute atomic E-state index is 12.6. The molecule has 3 rings (SSSR count). The van der Waals surface area contributed by atoms with Crippen molar-refractivity contribution in [3.63, 3.8) is 0 Å². The first-order valence-electron chi connectivity index (χ1n) is 8.14. The zero-order chi connectivity index (χ0) is 17.8. The summed E-state index contributed by atoms with van der Waals surface area (Å²) in [6.45, 7) is 4.33. The largest absolute Gasteiger partial charge is 0.497 e. The van der Waals surface area contributed by atoms with Crippen molar-refractivity contribution in [1.82, 2.24) is 14.9 Å². The SMILES string of the molecule is COc1cccc(CN2CCN(c3cc(C)nc(SC)n3)CC2=O)c1. The molecule has 2 aromatic rings. The monoisotopic (exact) mass is 358 g/mol. The van der Waals surface area contributed by atoms with Gasteiger partial charge in [0.1, 0.15) is 11.6 Å². The average Bonchev–Trinajstić information content (AvgIpc) is 2.63. The van der Waals surface area contributed by atoms with E-state index in [9.17, 15) is 4.79 Å². The summed E-state index contributed by atoms with van der Waals surface area (Å²) < 4.78 is 5.25. The Bertz CT molecular complexity index is 768. The van der Waals surface area contributed by atoms with E-state index in [1.54, 1.807) is 7.11 Å². The Labute approximate surface area is 152 Å². The van der Waals surface area contributed by atoms with Crippen molar-refractivity contribution < 1.29 is 9.53 Å². The fourth-order valence-corrected chi connectivity index (χ4v) is 3.26. The van der Waals surface area contributed by atoms with E-state index in [-0.39, 0.29) is 5.91 Å². The van der Waals surface area contributed by atoms with Crippen LogP contribution in [-0.4, -0.2) is 53.8 Å². The standard InChI is InChI=1S/C18H22N4O2S/c1-13-9-16(20-18(19-13)25-3)21-7-8-22(17(23)12-21)11-14-5-4-6-15(10-14)24-2/h4-6,9-10H,7-8,11-12H2,1-3H3. The fraction of sp³-hybridized carbons (Fsp3) is 0.389. The highest BCUT2D eigenvalue weighted by Crippen LogP contribution is 2.21. The first-order chi connectivity index (χ1) is 12.1. The van der Waals surface area contributed by atoms with Crippen molar-refractivity contribution in [2.24, 2.45) is 0 Å². The number of hydrogen-bond donors (Lipinski definition) is 0. The lowest BCUT2D eigenvalue weighted by molar-refractivity contribution is -0.131. The number of anilines is 1. The highest BCUT2D eigenvalue weighted by atomic mass is 32.2. The van der Waals surface area contributed by atoms with Crippen LogP contribution in [0.4, 0.5) is 5.82 Å². The quantitative estimate of drug-likeness (QED) is 0.604. The molecule has 0 bridgehead atoms. The number of ether oxygens (including phenoxy) is 1. The minimum absolute atomic E-state index is 0.107. The fourth-order valence-electron chi connectivity index (χ4n) is 2.84. The molecule has 1 fully saturated rings. The van der Waals surface area contributed by atoms with Gasteiger partial charge in [0.25, 0.3) is 0 Å². The lowest BCUT2D eigenvalue weighted by atomic mass is 10.2. The Morgan fingerprint density at radius 1 is 1.24 bits per heavy atom. The van der Waals surface area contributed by atoms with E-state index in [1.807, 2.05) is 53.3 Å². The van der Waals surface area contributed by atoms with Gasteiger partial charge in [-0.1, -0.05) is 23.9 Å². The number of piperazine rings is 1. The highest BCUT2D eigenvalue weighted by molar-refractivity contribution is 7.98. The molecule has 1 saturated heterocycles. The van der Waals surface area contributed by atoms with E-state index in [0.29, 0.717) is 19.6 Å². The highest BCUT2D eigenvalue weighted by Gasteiger charge is 2.25. The lowest BCUT2D eigenvalue weighted by Gasteiger charge is -2.35. The summed E-state index contributed by atoms with van der Waals surface area (Å²) in [5.41, 5.74) is 1.99. The number of thioether (sulfide) groups is 1. The van der Waals surface area contributed by atoms with E-state index in [4.69, 9.17) is 4.74 Å². The van der Waals surface area contributed by atoms with Crippen molar-refractivity contribution in [3.05, 3.63) is 41.6 Å². The van der Waals surface area contributed by atoms with E-state index >= 15 is 0 Å². The minimum atomic E-state index is 0.107. The first-order valence-corrected chi connectivity index (χ1v) is 9.37. The summed E-state index contributed by atoms with van der Waals surface area (Å²) in [5.74, 6) is 1.74. The number of methoxy groups -OCH3 is 1. The molecule has 0 spiro atoms. The molecule has 2 heterocycles. The van der Waals surface area contributed by atoms with Crippen LogP contribution in [-0.2, 0) is 11.3 Å². The van der Waals surface area contributed by atoms with Gasteiger partial charge in [-0.15, -0.1) is 0 Å². The predicted octanol–water partition coefficient (Wildman–Crippen LogP) is 2.36. The summed E-state index contributed by atoms with van der Waals surface area (Å²) in [5, 5.41) is 0.737. The van der Waals surface area contributed by atoms with Gasteiger partial charge in [-0.05, 0) is 30.9 Å². The molecule has 6 nitrogen and oxygen atoms in total. The Kier molecular flexibility index (Phi) is 5.43. The van der Waals surface area contributed by atoms with Crippen LogP contribution in [0.3, 0.4) is 0 Å². The molecule has 132 valence electrons. The molecule has 1 aromatic heterocycles. The van der Waals surface area contributed by atoms with Gasteiger partial charge in [-0.2, -0.15) is 0 Å². The summed E-state index contributed by atoms with van der Waals surface area (Å²) in [6, 6.07) is 9.77. The summed E-state index contributed by atoms with van der Waals surface area (Å²) in [4.78, 5) is 25.4. The molecule has 1 amide bonds. The van der Waals surface area contributed by atoms with Crippen molar-refractivity contribution in [3.8, 4) is 5.75 Å². The molecule has 7 heteroatoms. The molecule has 0 N–H and O–H groups in total. The molecule has 25 heavy (non-hydrogen) atoms. The number of aryl methyl sites for hydroxylation is 1. The van der Waals surface area contributed by atoms with Crippen LogP contribution in [0.1, 0.15) is 11.3 Å². The Hall–Kier alpha value is -2.28.